The van der Waals surface area contributed by atoms with Gasteiger partial charge in [-0.3, -0.25) is 14.5 Å². The van der Waals surface area contributed by atoms with Crippen LogP contribution in [0.15, 0.2) is 42.5 Å². The Kier molecular flexibility index (Phi) is 5.23. The maximum absolute atomic E-state index is 13.3. The molecule has 0 saturated carbocycles. The maximum Gasteiger partial charge on any atom is 0.325 e. The summed E-state index contributed by atoms with van der Waals surface area (Å²) in [7, 11) is 1.74. The molecule has 1 N–H and O–H groups in total. The van der Waals surface area contributed by atoms with Crippen LogP contribution in [-0.2, 0) is 21.5 Å². The van der Waals surface area contributed by atoms with Crippen LogP contribution in [-0.4, -0.2) is 54.5 Å². The molecule has 0 bridgehead atoms. The molecule has 0 unspecified atom stereocenters. The lowest BCUT2D eigenvalue weighted by Gasteiger charge is -2.34. The first kappa shape index (κ1) is 21.3. The molecule has 3 aliphatic rings. The van der Waals surface area contributed by atoms with Crippen molar-refractivity contribution in [3.63, 3.8) is 0 Å². The fourth-order valence-corrected chi connectivity index (χ4v) is 4.94. The minimum Gasteiger partial charge on any atom is -0.486 e. The molecule has 1 aliphatic carbocycles. The quantitative estimate of drug-likeness (QED) is 0.726. The van der Waals surface area contributed by atoms with Gasteiger partial charge in [0.2, 0.25) is 5.91 Å². The molecule has 2 aromatic rings. The van der Waals surface area contributed by atoms with E-state index in [2.05, 4.69) is 17.4 Å². The third-order valence-electron chi connectivity index (χ3n) is 6.89. The molecule has 5 rings (SSSR count). The minimum absolute atomic E-state index is 0.0626. The summed E-state index contributed by atoms with van der Waals surface area (Å²) in [5, 5.41) is 2.76. The van der Waals surface area contributed by atoms with E-state index in [1.54, 1.807) is 37.1 Å². The minimum atomic E-state index is -1.29. The van der Waals surface area contributed by atoms with Crippen molar-refractivity contribution in [3.8, 4) is 11.5 Å². The topological polar surface area (TPSA) is 88.2 Å². The van der Waals surface area contributed by atoms with Crippen molar-refractivity contribution in [1.82, 2.24) is 15.1 Å². The summed E-state index contributed by atoms with van der Waals surface area (Å²) in [4.78, 5) is 41.9. The summed E-state index contributed by atoms with van der Waals surface area (Å²) in [6, 6.07) is 12.7. The van der Waals surface area contributed by atoms with E-state index in [9.17, 15) is 14.4 Å². The second kappa shape index (κ2) is 8.10. The Morgan fingerprint density at radius 2 is 1.91 bits per heavy atom. The van der Waals surface area contributed by atoms with Gasteiger partial charge in [-0.15, -0.1) is 0 Å². The number of benzene rings is 2. The molecule has 2 aromatic carbocycles. The van der Waals surface area contributed by atoms with Gasteiger partial charge >= 0.3 is 6.03 Å². The zero-order valence-corrected chi connectivity index (χ0v) is 18.8. The standard InChI is InChI=1S/C25H27N3O5/c1-25(17-10-11-20-21(14-17)33-13-12-32-20)23(30)28(24(31)26-25)15-22(29)27(2)19-9-5-7-16-6-3-4-8-18(16)19/h3-4,6,8,10-11,14,19H,5,7,9,12-13,15H2,1-2H3,(H,26,31)/t19-,25-/m1/s1. The van der Waals surface area contributed by atoms with Gasteiger partial charge in [-0.1, -0.05) is 30.3 Å². The smallest absolute Gasteiger partial charge is 0.325 e. The lowest BCUT2D eigenvalue weighted by Crippen LogP contribution is -2.44. The molecule has 0 aromatic heterocycles. The first-order valence-corrected chi connectivity index (χ1v) is 11.3. The molecular weight excluding hydrogens is 422 g/mol. The number of likely N-dealkylation sites (N-methyl/N-ethyl adjacent to an activating group) is 1. The number of imide groups is 1. The second-order valence-electron chi connectivity index (χ2n) is 8.92. The van der Waals surface area contributed by atoms with E-state index < -0.39 is 17.5 Å². The van der Waals surface area contributed by atoms with Gasteiger partial charge in [0.15, 0.2) is 11.5 Å². The van der Waals surface area contributed by atoms with Crippen LogP contribution in [0.4, 0.5) is 4.79 Å². The summed E-state index contributed by atoms with van der Waals surface area (Å²) in [6.07, 6.45) is 2.84. The second-order valence-corrected chi connectivity index (χ2v) is 8.92. The molecule has 2 aliphatic heterocycles. The molecule has 2 heterocycles. The van der Waals surface area contributed by atoms with Gasteiger partial charge in [0.1, 0.15) is 25.3 Å². The molecule has 1 fully saturated rings. The van der Waals surface area contributed by atoms with Crippen LogP contribution < -0.4 is 14.8 Å². The Morgan fingerprint density at radius 3 is 2.73 bits per heavy atom. The van der Waals surface area contributed by atoms with E-state index in [1.165, 1.54) is 5.56 Å². The molecular formula is C25H27N3O5. The Balaban J connectivity index is 1.34. The van der Waals surface area contributed by atoms with Crippen LogP contribution in [0.3, 0.4) is 0 Å². The number of fused-ring (bicyclic) bond motifs is 2. The van der Waals surface area contributed by atoms with E-state index in [4.69, 9.17) is 9.47 Å². The fourth-order valence-electron chi connectivity index (χ4n) is 4.94. The number of amides is 4. The molecule has 33 heavy (non-hydrogen) atoms. The number of hydrogen-bond donors (Lipinski definition) is 1. The molecule has 8 nitrogen and oxygen atoms in total. The Labute approximate surface area is 192 Å². The first-order valence-electron chi connectivity index (χ1n) is 11.3. The third kappa shape index (κ3) is 3.59. The van der Waals surface area contributed by atoms with Gasteiger partial charge < -0.3 is 19.7 Å². The van der Waals surface area contributed by atoms with Crippen LogP contribution >= 0.6 is 0 Å². The van der Waals surface area contributed by atoms with Gasteiger partial charge in [0, 0.05) is 7.05 Å². The lowest BCUT2D eigenvalue weighted by atomic mass is 9.87. The highest BCUT2D eigenvalue weighted by atomic mass is 16.6. The summed E-state index contributed by atoms with van der Waals surface area (Å²) in [6.45, 7) is 2.23. The fraction of sp³-hybridized carbons (Fsp3) is 0.400. The van der Waals surface area contributed by atoms with E-state index in [0.717, 1.165) is 29.7 Å². The molecule has 8 heteroatoms. The number of aryl methyl sites for hydroxylation is 1. The van der Waals surface area contributed by atoms with E-state index >= 15 is 0 Å². The lowest BCUT2D eigenvalue weighted by molar-refractivity contribution is -0.139. The van der Waals surface area contributed by atoms with Crippen molar-refractivity contribution < 1.29 is 23.9 Å². The largest absolute Gasteiger partial charge is 0.486 e. The summed E-state index contributed by atoms with van der Waals surface area (Å²) < 4.78 is 11.2. The van der Waals surface area contributed by atoms with Gasteiger partial charge in [-0.25, -0.2) is 4.79 Å². The average molecular weight is 450 g/mol. The van der Waals surface area contributed by atoms with Crippen LogP contribution in [0.2, 0.25) is 0 Å². The van der Waals surface area contributed by atoms with Gasteiger partial charge in [-0.2, -0.15) is 0 Å². The number of carbonyl (C=O) groups is 3. The predicted molar refractivity (Wildman–Crippen MR) is 120 cm³/mol. The number of nitrogens with one attached hydrogen (secondary N) is 1. The normalized spacial score (nSPS) is 23.7. The molecule has 0 radical (unpaired) electrons. The predicted octanol–water partition coefficient (Wildman–Crippen LogP) is 2.76. The monoisotopic (exact) mass is 449 g/mol. The van der Waals surface area contributed by atoms with Gasteiger partial charge in [-0.05, 0) is 55.0 Å². The van der Waals surface area contributed by atoms with Crippen LogP contribution in [0.5, 0.6) is 11.5 Å². The van der Waals surface area contributed by atoms with E-state index in [-0.39, 0.29) is 18.5 Å². The van der Waals surface area contributed by atoms with E-state index in [0.29, 0.717) is 30.3 Å². The maximum atomic E-state index is 13.3. The Morgan fingerprint density at radius 1 is 1.15 bits per heavy atom. The summed E-state index contributed by atoms with van der Waals surface area (Å²) in [5.41, 5.74) is 1.67. The molecule has 0 spiro atoms. The van der Waals surface area contributed by atoms with Crippen molar-refractivity contribution >= 4 is 17.8 Å². The first-order chi connectivity index (χ1) is 15.9. The Bertz CT molecular complexity index is 1130. The number of carbonyl (C=O) groups excluding carboxylic acids is 3. The summed E-state index contributed by atoms with van der Waals surface area (Å²) >= 11 is 0. The van der Waals surface area contributed by atoms with Crippen molar-refractivity contribution in [2.45, 2.75) is 37.8 Å². The molecule has 4 amide bonds. The van der Waals surface area contributed by atoms with Crippen molar-refractivity contribution in [1.29, 1.82) is 0 Å². The van der Waals surface area contributed by atoms with Crippen molar-refractivity contribution in [2.75, 3.05) is 26.8 Å². The number of hydrogen-bond acceptors (Lipinski definition) is 5. The highest BCUT2D eigenvalue weighted by molar-refractivity contribution is 6.09. The van der Waals surface area contributed by atoms with Crippen LogP contribution in [0, 0.1) is 0 Å². The highest BCUT2D eigenvalue weighted by Gasteiger charge is 2.50. The molecule has 2 atom stereocenters. The highest BCUT2D eigenvalue weighted by Crippen LogP contribution is 2.37. The van der Waals surface area contributed by atoms with Crippen molar-refractivity contribution in [2.24, 2.45) is 0 Å². The summed E-state index contributed by atoms with van der Waals surface area (Å²) in [5.74, 6) is 0.403. The van der Waals surface area contributed by atoms with E-state index in [1.807, 2.05) is 12.1 Å². The van der Waals surface area contributed by atoms with Crippen molar-refractivity contribution in [3.05, 3.63) is 59.2 Å². The number of rotatable bonds is 4. The van der Waals surface area contributed by atoms with Crippen LogP contribution in [0.1, 0.15) is 42.5 Å². The SMILES string of the molecule is CN(C(=O)CN1C(=O)N[C@](C)(c2ccc3c(c2)OCCO3)C1=O)[C@@H]1CCCc2ccccc21. The number of urea groups is 1. The zero-order chi connectivity index (χ0) is 23.2. The van der Waals surface area contributed by atoms with Gasteiger partial charge in [0.05, 0.1) is 6.04 Å². The Hall–Kier alpha value is -3.55. The molecule has 1 saturated heterocycles. The average Bonchev–Trinajstić information content (AvgIpc) is 3.06. The zero-order valence-electron chi connectivity index (χ0n) is 18.8. The third-order valence-corrected chi connectivity index (χ3v) is 6.89. The number of nitrogens with zero attached hydrogens (tertiary/aromatic N) is 2. The van der Waals surface area contributed by atoms with Gasteiger partial charge in [0.25, 0.3) is 5.91 Å². The van der Waals surface area contributed by atoms with Crippen LogP contribution in [0.25, 0.3) is 0 Å². The number of ether oxygens (including phenoxy) is 2. The molecule has 172 valence electrons.